The Hall–Kier alpha value is -1.73. The summed E-state index contributed by atoms with van der Waals surface area (Å²) in [7, 11) is 0. The summed E-state index contributed by atoms with van der Waals surface area (Å²) < 4.78 is 0. The largest absolute Gasteiger partial charge is 0.355 e. The molecule has 1 aliphatic heterocycles. The predicted molar refractivity (Wildman–Crippen MR) is 101 cm³/mol. The number of hydrogen-bond donors (Lipinski definition) is 1. The second-order valence-electron chi connectivity index (χ2n) is 5.83. The van der Waals surface area contributed by atoms with E-state index in [0.717, 1.165) is 43.0 Å². The summed E-state index contributed by atoms with van der Waals surface area (Å²) >= 11 is 12.2. The van der Waals surface area contributed by atoms with Crippen LogP contribution in [0.15, 0.2) is 36.5 Å². The molecule has 3 rings (SSSR count). The van der Waals surface area contributed by atoms with Gasteiger partial charge in [-0.3, -0.25) is 0 Å². The summed E-state index contributed by atoms with van der Waals surface area (Å²) in [6.07, 6.45) is 2.92. The molecule has 1 aliphatic rings. The van der Waals surface area contributed by atoms with Crippen LogP contribution < -0.4 is 10.2 Å². The highest BCUT2D eigenvalue weighted by Crippen LogP contribution is 2.22. The van der Waals surface area contributed by atoms with Crippen LogP contribution in [0.25, 0.3) is 0 Å². The second-order valence-corrected chi connectivity index (χ2v) is 6.67. The number of nitrogens with one attached hydrogen (secondary N) is 1. The summed E-state index contributed by atoms with van der Waals surface area (Å²) in [4.78, 5) is 6.81. The van der Waals surface area contributed by atoms with Gasteiger partial charge in [-0.25, -0.2) is 4.98 Å². The van der Waals surface area contributed by atoms with Gasteiger partial charge in [0.1, 0.15) is 5.82 Å². The van der Waals surface area contributed by atoms with Crippen LogP contribution in [-0.2, 0) is 6.54 Å². The monoisotopic (exact) mass is 359 g/mol. The average Bonchev–Trinajstić information content (AvgIpc) is 3.04. The molecule has 0 amide bonds. The maximum atomic E-state index is 6.22. The van der Waals surface area contributed by atoms with Gasteiger partial charge in [0.2, 0.25) is 0 Å². The first kappa shape index (κ1) is 17.1. The van der Waals surface area contributed by atoms with E-state index in [9.17, 15) is 0 Å². The van der Waals surface area contributed by atoms with Crippen molar-refractivity contribution in [3.63, 3.8) is 0 Å². The molecule has 0 radical (unpaired) electrons. The number of rotatable bonds is 4. The third-order valence-corrected chi connectivity index (χ3v) is 4.71. The van der Waals surface area contributed by atoms with E-state index in [1.165, 1.54) is 0 Å². The van der Waals surface area contributed by atoms with Gasteiger partial charge in [0.15, 0.2) is 0 Å². The number of benzene rings is 1. The summed E-state index contributed by atoms with van der Waals surface area (Å²) in [5, 5.41) is 4.94. The second kappa shape index (κ2) is 7.90. The predicted octanol–water partition coefficient (Wildman–Crippen LogP) is 4.13. The SMILES string of the molecule is CC#Cc1ccc(N2CCC(NCc3ccc(Cl)cc3Cl)C2)nc1. The topological polar surface area (TPSA) is 28.2 Å². The first-order valence-electron chi connectivity index (χ1n) is 7.97. The van der Waals surface area contributed by atoms with Crippen LogP contribution in [0.3, 0.4) is 0 Å². The molecular formula is C19H19Cl2N3. The van der Waals surface area contributed by atoms with Crippen LogP contribution in [0.2, 0.25) is 10.0 Å². The third kappa shape index (κ3) is 4.21. The Bertz CT molecular complexity index is 762. The zero-order valence-corrected chi connectivity index (χ0v) is 15.0. The van der Waals surface area contributed by atoms with E-state index in [1.807, 2.05) is 37.4 Å². The minimum Gasteiger partial charge on any atom is -0.355 e. The van der Waals surface area contributed by atoms with Gasteiger partial charge in [-0.05, 0) is 43.2 Å². The average molecular weight is 360 g/mol. The zero-order valence-electron chi connectivity index (χ0n) is 13.5. The molecule has 1 unspecified atom stereocenters. The number of aromatic nitrogens is 1. The van der Waals surface area contributed by atoms with E-state index < -0.39 is 0 Å². The van der Waals surface area contributed by atoms with Crippen molar-refractivity contribution >= 4 is 29.0 Å². The van der Waals surface area contributed by atoms with Crippen LogP contribution >= 0.6 is 23.2 Å². The third-order valence-electron chi connectivity index (χ3n) is 4.13. The van der Waals surface area contributed by atoms with E-state index in [-0.39, 0.29) is 0 Å². The Kier molecular flexibility index (Phi) is 5.63. The van der Waals surface area contributed by atoms with Crippen molar-refractivity contribution < 1.29 is 0 Å². The van der Waals surface area contributed by atoms with Crippen molar-refractivity contribution in [1.29, 1.82) is 0 Å². The van der Waals surface area contributed by atoms with Crippen LogP contribution in [0.5, 0.6) is 0 Å². The fraction of sp³-hybridized carbons (Fsp3) is 0.316. The minimum absolute atomic E-state index is 0.425. The van der Waals surface area contributed by atoms with Crippen molar-refractivity contribution in [2.45, 2.75) is 25.9 Å². The van der Waals surface area contributed by atoms with Crippen molar-refractivity contribution in [1.82, 2.24) is 10.3 Å². The molecule has 0 saturated carbocycles. The molecule has 2 heterocycles. The zero-order chi connectivity index (χ0) is 16.9. The van der Waals surface area contributed by atoms with E-state index in [0.29, 0.717) is 16.1 Å². The number of anilines is 1. The van der Waals surface area contributed by atoms with Gasteiger partial charge in [-0.15, -0.1) is 5.92 Å². The molecule has 2 aromatic rings. The van der Waals surface area contributed by atoms with Gasteiger partial charge >= 0.3 is 0 Å². The highest BCUT2D eigenvalue weighted by molar-refractivity contribution is 6.35. The molecule has 1 N–H and O–H groups in total. The summed E-state index contributed by atoms with van der Waals surface area (Å²) in [5.41, 5.74) is 2.02. The van der Waals surface area contributed by atoms with E-state index >= 15 is 0 Å². The molecule has 124 valence electrons. The highest BCUT2D eigenvalue weighted by atomic mass is 35.5. The molecule has 3 nitrogen and oxygen atoms in total. The molecule has 0 aliphatic carbocycles. The van der Waals surface area contributed by atoms with Gasteiger partial charge in [0.25, 0.3) is 0 Å². The summed E-state index contributed by atoms with van der Waals surface area (Å²) in [5.74, 6) is 6.91. The van der Waals surface area contributed by atoms with E-state index in [1.54, 1.807) is 6.07 Å². The lowest BCUT2D eigenvalue weighted by Gasteiger charge is -2.18. The highest BCUT2D eigenvalue weighted by Gasteiger charge is 2.23. The van der Waals surface area contributed by atoms with Crippen molar-refractivity contribution in [2.24, 2.45) is 0 Å². The molecule has 1 aromatic carbocycles. The van der Waals surface area contributed by atoms with Crippen molar-refractivity contribution in [3.05, 3.63) is 57.7 Å². The van der Waals surface area contributed by atoms with Crippen LogP contribution in [0, 0.1) is 11.8 Å². The Balaban J connectivity index is 1.56. The van der Waals surface area contributed by atoms with Crippen LogP contribution in [-0.4, -0.2) is 24.1 Å². The lowest BCUT2D eigenvalue weighted by Crippen LogP contribution is -2.32. The summed E-state index contributed by atoms with van der Waals surface area (Å²) in [6, 6.07) is 10.1. The fourth-order valence-electron chi connectivity index (χ4n) is 2.85. The number of pyridine rings is 1. The number of hydrogen-bond acceptors (Lipinski definition) is 3. The molecule has 1 fully saturated rings. The molecule has 5 heteroatoms. The van der Waals surface area contributed by atoms with Crippen LogP contribution in [0.1, 0.15) is 24.5 Å². The lowest BCUT2D eigenvalue weighted by atomic mass is 10.2. The Morgan fingerprint density at radius 1 is 1.29 bits per heavy atom. The van der Waals surface area contributed by atoms with E-state index in [4.69, 9.17) is 23.2 Å². The molecular weight excluding hydrogens is 341 g/mol. The normalized spacial score (nSPS) is 16.8. The van der Waals surface area contributed by atoms with Gasteiger partial charge in [-0.2, -0.15) is 0 Å². The van der Waals surface area contributed by atoms with Gasteiger partial charge in [0, 0.05) is 47.5 Å². The molecule has 1 saturated heterocycles. The Labute approximate surface area is 153 Å². The van der Waals surface area contributed by atoms with Crippen molar-refractivity contribution in [3.8, 4) is 11.8 Å². The van der Waals surface area contributed by atoms with Crippen molar-refractivity contribution in [2.75, 3.05) is 18.0 Å². The summed E-state index contributed by atoms with van der Waals surface area (Å²) in [6.45, 7) is 4.51. The maximum absolute atomic E-state index is 6.22. The quantitative estimate of drug-likeness (QED) is 0.831. The van der Waals surface area contributed by atoms with Gasteiger partial charge < -0.3 is 10.2 Å². The number of halogens is 2. The fourth-order valence-corrected chi connectivity index (χ4v) is 3.32. The molecule has 0 spiro atoms. The van der Waals surface area contributed by atoms with Crippen LogP contribution in [0.4, 0.5) is 5.82 Å². The molecule has 1 atom stereocenters. The smallest absolute Gasteiger partial charge is 0.128 e. The molecule has 1 aromatic heterocycles. The van der Waals surface area contributed by atoms with Gasteiger partial charge in [0.05, 0.1) is 0 Å². The molecule has 24 heavy (non-hydrogen) atoms. The lowest BCUT2D eigenvalue weighted by molar-refractivity contribution is 0.551. The first-order chi connectivity index (χ1) is 11.7. The first-order valence-corrected chi connectivity index (χ1v) is 8.72. The van der Waals surface area contributed by atoms with E-state index in [2.05, 4.69) is 27.0 Å². The Morgan fingerprint density at radius 2 is 2.17 bits per heavy atom. The maximum Gasteiger partial charge on any atom is 0.128 e. The molecule has 0 bridgehead atoms. The number of nitrogens with zero attached hydrogens (tertiary/aromatic N) is 2. The Morgan fingerprint density at radius 3 is 2.88 bits per heavy atom. The standard InChI is InChI=1S/C19H19Cl2N3/c1-2-3-14-4-7-19(23-11-14)24-9-8-17(13-24)22-12-15-5-6-16(20)10-18(15)21/h4-7,10-11,17,22H,8-9,12-13H2,1H3. The minimum atomic E-state index is 0.425. The van der Waals surface area contributed by atoms with Gasteiger partial charge in [-0.1, -0.05) is 35.2 Å².